The zero-order valence-electron chi connectivity index (χ0n) is 17.7. The Morgan fingerprint density at radius 1 is 1.06 bits per heavy atom. The molecule has 3 rings (SSSR count). The zero-order chi connectivity index (χ0) is 22.5. The second-order valence-electron chi connectivity index (χ2n) is 8.16. The number of nitrogens with zero attached hydrogens (tertiary/aromatic N) is 1. The van der Waals surface area contributed by atoms with Gasteiger partial charge in [0.2, 0.25) is 11.8 Å². The topological polar surface area (TPSA) is 49.4 Å². The van der Waals surface area contributed by atoms with E-state index in [1.54, 1.807) is 36.4 Å². The number of nitrogens with one attached hydrogen (secondary N) is 1. The Bertz CT molecular complexity index is 933. The lowest BCUT2D eigenvalue weighted by Crippen LogP contribution is -2.49. The van der Waals surface area contributed by atoms with Crippen LogP contribution < -0.4 is 10.2 Å². The summed E-state index contributed by atoms with van der Waals surface area (Å²) >= 11 is 18.3. The monoisotopic (exact) mass is 480 g/mol. The van der Waals surface area contributed by atoms with Gasteiger partial charge in [-0.2, -0.15) is 0 Å². The van der Waals surface area contributed by atoms with Gasteiger partial charge in [0.1, 0.15) is 11.9 Å². The molecule has 0 spiro atoms. The number of hydrogen-bond donors (Lipinski definition) is 1. The molecule has 2 aromatic rings. The highest BCUT2D eigenvalue weighted by atomic mass is 35.5. The van der Waals surface area contributed by atoms with Crippen LogP contribution in [0.1, 0.15) is 49.8 Å². The molecule has 1 N–H and O–H groups in total. The van der Waals surface area contributed by atoms with Gasteiger partial charge in [-0.05, 0) is 61.1 Å². The number of anilines is 1. The van der Waals surface area contributed by atoms with E-state index >= 15 is 0 Å². The average Bonchev–Trinajstić information content (AvgIpc) is 2.76. The summed E-state index contributed by atoms with van der Waals surface area (Å²) in [5, 5.41) is 4.23. The third-order valence-corrected chi connectivity index (χ3v) is 6.66. The third-order valence-electron chi connectivity index (χ3n) is 5.95. The predicted molar refractivity (Wildman–Crippen MR) is 128 cm³/mol. The number of carbonyl (C=O) groups excluding carboxylic acids is 2. The molecule has 1 fully saturated rings. The number of halogens is 3. The molecule has 0 bridgehead atoms. The lowest BCUT2D eigenvalue weighted by atomic mass is 9.85. The van der Waals surface area contributed by atoms with E-state index in [4.69, 9.17) is 34.8 Å². The fourth-order valence-electron chi connectivity index (χ4n) is 4.18. The summed E-state index contributed by atoms with van der Waals surface area (Å²) in [6.07, 6.45) is 4.26. The number of amides is 2. The standard InChI is InChI=1S/C24H27Cl3N2O2/c1-15-5-3-4-6-20(15)28-24(31)23(17-8-11-18(26)12-9-17)29(22(30)14-25)21-13-19(27)10-7-16(21)2/h7-13,15,20,23H,3-6,14H2,1-2H3,(H,28,31). The maximum absolute atomic E-state index is 13.7. The number of carbonyl (C=O) groups is 2. The van der Waals surface area contributed by atoms with E-state index in [-0.39, 0.29) is 23.7 Å². The van der Waals surface area contributed by atoms with Crippen molar-refractivity contribution in [1.82, 2.24) is 5.32 Å². The first-order chi connectivity index (χ1) is 14.8. The Morgan fingerprint density at radius 2 is 1.71 bits per heavy atom. The number of rotatable bonds is 6. The van der Waals surface area contributed by atoms with Gasteiger partial charge in [-0.3, -0.25) is 14.5 Å². The molecule has 0 aromatic heterocycles. The van der Waals surface area contributed by atoms with Crippen molar-refractivity contribution in [2.45, 2.75) is 51.6 Å². The van der Waals surface area contributed by atoms with Crippen molar-refractivity contribution in [1.29, 1.82) is 0 Å². The van der Waals surface area contributed by atoms with Crippen LogP contribution in [0.25, 0.3) is 0 Å². The minimum Gasteiger partial charge on any atom is -0.351 e. The van der Waals surface area contributed by atoms with E-state index in [9.17, 15) is 9.59 Å². The molecule has 2 amide bonds. The Balaban J connectivity index is 2.07. The Morgan fingerprint density at radius 3 is 2.35 bits per heavy atom. The lowest BCUT2D eigenvalue weighted by Gasteiger charge is -2.35. The van der Waals surface area contributed by atoms with Crippen molar-refractivity contribution < 1.29 is 9.59 Å². The molecule has 2 aromatic carbocycles. The number of benzene rings is 2. The van der Waals surface area contributed by atoms with Crippen molar-refractivity contribution >= 4 is 52.3 Å². The summed E-state index contributed by atoms with van der Waals surface area (Å²) in [6, 6.07) is 11.4. The molecular weight excluding hydrogens is 455 g/mol. The molecule has 0 heterocycles. The summed E-state index contributed by atoms with van der Waals surface area (Å²) in [6.45, 7) is 4.03. The van der Waals surface area contributed by atoms with Crippen molar-refractivity contribution in [2.24, 2.45) is 5.92 Å². The smallest absolute Gasteiger partial charge is 0.248 e. The number of alkyl halides is 1. The molecule has 0 aliphatic heterocycles. The summed E-state index contributed by atoms with van der Waals surface area (Å²) < 4.78 is 0. The Hall–Kier alpha value is -1.75. The van der Waals surface area contributed by atoms with E-state index in [1.807, 2.05) is 13.0 Å². The van der Waals surface area contributed by atoms with E-state index in [0.29, 0.717) is 27.2 Å². The fraction of sp³-hybridized carbons (Fsp3) is 0.417. The molecule has 3 unspecified atom stereocenters. The number of hydrogen-bond acceptors (Lipinski definition) is 2. The minimum absolute atomic E-state index is 0.0736. The van der Waals surface area contributed by atoms with Gasteiger partial charge in [0.25, 0.3) is 0 Å². The molecule has 4 nitrogen and oxygen atoms in total. The average molecular weight is 482 g/mol. The molecular formula is C24H27Cl3N2O2. The van der Waals surface area contributed by atoms with Crippen LogP contribution in [0.2, 0.25) is 10.0 Å². The quantitative estimate of drug-likeness (QED) is 0.491. The van der Waals surface area contributed by atoms with Crippen molar-refractivity contribution in [3.05, 3.63) is 63.6 Å². The van der Waals surface area contributed by atoms with E-state index < -0.39 is 6.04 Å². The van der Waals surface area contributed by atoms with Crippen LogP contribution in [0.4, 0.5) is 5.69 Å². The van der Waals surface area contributed by atoms with Crippen LogP contribution in [0.5, 0.6) is 0 Å². The molecule has 0 saturated heterocycles. The molecule has 0 radical (unpaired) electrons. The van der Waals surface area contributed by atoms with Crippen molar-refractivity contribution in [3.8, 4) is 0 Å². The summed E-state index contributed by atoms with van der Waals surface area (Å²) in [4.78, 5) is 28.2. The largest absolute Gasteiger partial charge is 0.351 e. The van der Waals surface area contributed by atoms with Crippen LogP contribution >= 0.6 is 34.8 Å². The Labute approximate surface area is 198 Å². The van der Waals surface area contributed by atoms with Gasteiger partial charge in [-0.15, -0.1) is 11.6 Å². The van der Waals surface area contributed by atoms with Crippen molar-refractivity contribution in [3.63, 3.8) is 0 Å². The highest BCUT2D eigenvalue weighted by Crippen LogP contribution is 2.34. The molecule has 1 aliphatic rings. The van der Waals surface area contributed by atoms with E-state index in [0.717, 1.165) is 24.8 Å². The first-order valence-corrected chi connectivity index (χ1v) is 11.8. The first kappa shape index (κ1) is 23.9. The third kappa shape index (κ3) is 5.74. The van der Waals surface area contributed by atoms with Crippen LogP contribution in [-0.2, 0) is 9.59 Å². The van der Waals surface area contributed by atoms with Gasteiger partial charge in [-0.1, -0.05) is 61.2 Å². The SMILES string of the molecule is Cc1ccc(Cl)cc1N(C(=O)CCl)C(C(=O)NC1CCCCC1C)c1ccc(Cl)cc1. The second-order valence-corrected chi connectivity index (χ2v) is 9.30. The van der Waals surface area contributed by atoms with Gasteiger partial charge in [0.15, 0.2) is 0 Å². The van der Waals surface area contributed by atoms with Gasteiger partial charge in [0, 0.05) is 21.8 Å². The molecule has 1 aliphatic carbocycles. The summed E-state index contributed by atoms with van der Waals surface area (Å²) in [5.41, 5.74) is 2.04. The zero-order valence-corrected chi connectivity index (χ0v) is 20.0. The maximum atomic E-state index is 13.7. The van der Waals surface area contributed by atoms with E-state index in [2.05, 4.69) is 12.2 Å². The summed E-state index contributed by atoms with van der Waals surface area (Å²) in [5.74, 6) is -0.491. The van der Waals surface area contributed by atoms with Gasteiger partial charge < -0.3 is 5.32 Å². The minimum atomic E-state index is -0.894. The van der Waals surface area contributed by atoms with Crippen LogP contribution in [0.15, 0.2) is 42.5 Å². The number of aryl methyl sites for hydroxylation is 1. The van der Waals surface area contributed by atoms with Crippen LogP contribution in [0, 0.1) is 12.8 Å². The fourth-order valence-corrected chi connectivity index (χ4v) is 4.60. The molecule has 7 heteroatoms. The first-order valence-electron chi connectivity index (χ1n) is 10.5. The van der Waals surface area contributed by atoms with Gasteiger partial charge in [0.05, 0.1) is 0 Å². The molecule has 1 saturated carbocycles. The van der Waals surface area contributed by atoms with Gasteiger partial charge in [-0.25, -0.2) is 0 Å². The molecule has 3 atom stereocenters. The van der Waals surface area contributed by atoms with Gasteiger partial charge >= 0.3 is 0 Å². The van der Waals surface area contributed by atoms with Crippen molar-refractivity contribution in [2.75, 3.05) is 10.8 Å². The molecule has 31 heavy (non-hydrogen) atoms. The highest BCUT2D eigenvalue weighted by molar-refractivity contribution is 6.32. The van der Waals surface area contributed by atoms with Crippen LogP contribution in [-0.4, -0.2) is 23.7 Å². The normalized spacial score (nSPS) is 19.5. The van der Waals surface area contributed by atoms with Crippen LogP contribution in [0.3, 0.4) is 0 Å². The van der Waals surface area contributed by atoms with E-state index in [1.165, 1.54) is 11.3 Å². The molecule has 166 valence electrons. The maximum Gasteiger partial charge on any atom is 0.248 e. The predicted octanol–water partition coefficient (Wildman–Crippen LogP) is 6.31. The Kier molecular flexibility index (Phi) is 8.26. The highest BCUT2D eigenvalue weighted by Gasteiger charge is 2.35. The second kappa shape index (κ2) is 10.7. The summed E-state index contributed by atoms with van der Waals surface area (Å²) in [7, 11) is 0. The lowest BCUT2D eigenvalue weighted by molar-refractivity contribution is -0.126.